The van der Waals surface area contributed by atoms with E-state index in [4.69, 9.17) is 0 Å². The number of nitrogens with zero attached hydrogens (tertiary/aromatic N) is 4. The molecule has 9 heteroatoms. The number of benzene rings is 2. The summed E-state index contributed by atoms with van der Waals surface area (Å²) in [5.74, 6) is -1.76. The van der Waals surface area contributed by atoms with Crippen molar-refractivity contribution in [1.82, 2.24) is 14.5 Å². The van der Waals surface area contributed by atoms with Crippen LogP contribution in [0.5, 0.6) is 0 Å². The molecule has 2 heterocycles. The summed E-state index contributed by atoms with van der Waals surface area (Å²) in [4.78, 5) is 41.9. The van der Waals surface area contributed by atoms with Gasteiger partial charge in [0.25, 0.3) is 17.4 Å². The number of aliphatic hydroxyl groups excluding tert-OH is 1. The molecule has 1 aromatic heterocycles. The number of non-ortho nitro benzene ring substituents is 1. The Morgan fingerprint density at radius 2 is 1.79 bits per heavy atom. The van der Waals surface area contributed by atoms with Gasteiger partial charge in [-0.05, 0) is 31.0 Å². The molecule has 1 aliphatic heterocycles. The van der Waals surface area contributed by atoms with Gasteiger partial charge in [-0.1, -0.05) is 29.8 Å². The van der Waals surface area contributed by atoms with Crippen molar-refractivity contribution in [2.45, 2.75) is 25.9 Å². The summed E-state index contributed by atoms with van der Waals surface area (Å²) in [7, 11) is 0. The molecule has 9 nitrogen and oxygen atoms in total. The third-order valence-corrected chi connectivity index (χ3v) is 5.66. The maximum atomic E-state index is 13.0. The largest absolute Gasteiger partial charge is 0.507 e. The van der Waals surface area contributed by atoms with Gasteiger partial charge in [0.1, 0.15) is 5.76 Å². The second kappa shape index (κ2) is 9.07. The first-order chi connectivity index (χ1) is 15.9. The van der Waals surface area contributed by atoms with Crippen molar-refractivity contribution in [2.24, 2.45) is 0 Å². The van der Waals surface area contributed by atoms with Crippen molar-refractivity contribution in [3.05, 3.63) is 99.6 Å². The number of carbonyl (C=O) groups excluding carboxylic acids is 2. The molecule has 1 N–H and O–H groups in total. The predicted molar refractivity (Wildman–Crippen MR) is 120 cm³/mol. The zero-order valence-corrected chi connectivity index (χ0v) is 17.9. The molecule has 1 aliphatic rings. The lowest BCUT2D eigenvalue weighted by Gasteiger charge is -2.25. The third-order valence-electron chi connectivity index (χ3n) is 5.66. The predicted octanol–water partition coefficient (Wildman–Crippen LogP) is 3.61. The molecule has 168 valence electrons. The molecule has 3 aromatic rings. The zero-order valence-electron chi connectivity index (χ0n) is 17.9. The lowest BCUT2D eigenvalue weighted by atomic mass is 9.95. The second-order valence-corrected chi connectivity index (χ2v) is 7.86. The summed E-state index contributed by atoms with van der Waals surface area (Å²) in [5.41, 5.74) is 1.79. The molecule has 4 rings (SSSR count). The van der Waals surface area contributed by atoms with Crippen LogP contribution in [0.3, 0.4) is 0 Å². The van der Waals surface area contributed by atoms with Crippen LogP contribution in [0, 0.1) is 17.0 Å². The van der Waals surface area contributed by atoms with E-state index in [1.807, 2.05) is 11.5 Å². The van der Waals surface area contributed by atoms with E-state index < -0.39 is 22.7 Å². The summed E-state index contributed by atoms with van der Waals surface area (Å²) < 4.78 is 1.86. The van der Waals surface area contributed by atoms with Crippen LogP contribution in [-0.4, -0.2) is 42.7 Å². The third kappa shape index (κ3) is 4.38. The van der Waals surface area contributed by atoms with E-state index in [1.165, 1.54) is 29.2 Å². The first-order valence-electron chi connectivity index (χ1n) is 10.4. The lowest BCUT2D eigenvalue weighted by Crippen LogP contribution is -2.31. The number of imidazole rings is 1. The Morgan fingerprint density at radius 1 is 1.09 bits per heavy atom. The monoisotopic (exact) mass is 446 g/mol. The van der Waals surface area contributed by atoms with Gasteiger partial charge < -0.3 is 14.6 Å². The molecule has 0 unspecified atom stereocenters. The molecule has 1 fully saturated rings. The Labute approximate surface area is 189 Å². The highest BCUT2D eigenvalue weighted by Gasteiger charge is 2.45. The Hall–Kier alpha value is -4.27. The Balaban J connectivity index is 1.74. The van der Waals surface area contributed by atoms with Crippen molar-refractivity contribution in [2.75, 3.05) is 6.54 Å². The molecule has 0 saturated carbocycles. The van der Waals surface area contributed by atoms with E-state index in [0.29, 0.717) is 24.1 Å². The SMILES string of the molecule is Cc1ccc(C(O)=C2C(=O)C(=O)N(CCCn3ccnc3)[C@H]2c2ccc([N+](=O)[O-])cc2)cc1. The number of amides is 1. The molecular formula is C24H22N4O5. The molecule has 1 amide bonds. The fourth-order valence-electron chi connectivity index (χ4n) is 3.95. The highest BCUT2D eigenvalue weighted by Crippen LogP contribution is 2.39. The van der Waals surface area contributed by atoms with Gasteiger partial charge in [-0.3, -0.25) is 19.7 Å². The minimum Gasteiger partial charge on any atom is -0.507 e. The normalized spacial score (nSPS) is 17.5. The average molecular weight is 446 g/mol. The van der Waals surface area contributed by atoms with Gasteiger partial charge in [0.15, 0.2) is 0 Å². The van der Waals surface area contributed by atoms with Crippen LogP contribution in [0.15, 0.2) is 72.8 Å². The summed E-state index contributed by atoms with van der Waals surface area (Å²) in [6.45, 7) is 2.75. The lowest BCUT2D eigenvalue weighted by molar-refractivity contribution is -0.384. The number of aromatic nitrogens is 2. The van der Waals surface area contributed by atoms with Gasteiger partial charge in [0.05, 0.1) is 22.9 Å². The van der Waals surface area contributed by atoms with Crippen LogP contribution in [0.1, 0.15) is 29.2 Å². The van der Waals surface area contributed by atoms with Crippen molar-refractivity contribution in [3.8, 4) is 0 Å². The van der Waals surface area contributed by atoms with Gasteiger partial charge in [0.2, 0.25) is 0 Å². The first-order valence-corrected chi connectivity index (χ1v) is 10.4. The maximum absolute atomic E-state index is 13.0. The van der Waals surface area contributed by atoms with Crippen LogP contribution in [0.25, 0.3) is 5.76 Å². The fraction of sp³-hybridized carbons (Fsp3) is 0.208. The van der Waals surface area contributed by atoms with Gasteiger partial charge in [0, 0.05) is 43.2 Å². The average Bonchev–Trinajstić information content (AvgIpc) is 3.41. The Kier molecular flexibility index (Phi) is 6.03. The standard InChI is InChI=1S/C24H22N4O5/c1-16-3-5-18(6-4-16)22(29)20-21(17-7-9-19(10-8-17)28(32)33)27(24(31)23(20)30)13-2-12-26-14-11-25-15-26/h3-11,14-15,21,29H,2,12-13H2,1H3/t21-/m0/s1. The number of rotatable bonds is 7. The van der Waals surface area contributed by atoms with Crippen LogP contribution in [-0.2, 0) is 16.1 Å². The summed E-state index contributed by atoms with van der Waals surface area (Å²) in [5, 5.41) is 22.1. The number of nitro groups is 1. The fourth-order valence-corrected chi connectivity index (χ4v) is 3.95. The van der Waals surface area contributed by atoms with Crippen LogP contribution in [0.2, 0.25) is 0 Å². The van der Waals surface area contributed by atoms with Crippen LogP contribution in [0.4, 0.5) is 5.69 Å². The molecule has 2 aromatic carbocycles. The second-order valence-electron chi connectivity index (χ2n) is 7.86. The Morgan fingerprint density at radius 3 is 2.39 bits per heavy atom. The highest BCUT2D eigenvalue weighted by atomic mass is 16.6. The van der Waals surface area contributed by atoms with E-state index in [1.54, 1.807) is 43.0 Å². The highest BCUT2D eigenvalue weighted by molar-refractivity contribution is 6.46. The van der Waals surface area contributed by atoms with Crippen LogP contribution < -0.4 is 0 Å². The molecule has 0 aliphatic carbocycles. The van der Waals surface area contributed by atoms with E-state index in [9.17, 15) is 24.8 Å². The zero-order chi connectivity index (χ0) is 23.5. The number of aliphatic hydroxyl groups is 1. The molecule has 1 saturated heterocycles. The molecule has 33 heavy (non-hydrogen) atoms. The molecule has 0 spiro atoms. The number of hydrogen-bond acceptors (Lipinski definition) is 6. The topological polar surface area (TPSA) is 119 Å². The molecule has 0 bridgehead atoms. The van der Waals surface area contributed by atoms with Crippen molar-refractivity contribution in [1.29, 1.82) is 0 Å². The van der Waals surface area contributed by atoms with Crippen molar-refractivity contribution in [3.63, 3.8) is 0 Å². The van der Waals surface area contributed by atoms with E-state index in [2.05, 4.69) is 4.98 Å². The number of hydrogen-bond donors (Lipinski definition) is 1. The van der Waals surface area contributed by atoms with E-state index >= 15 is 0 Å². The Bertz CT molecular complexity index is 1210. The summed E-state index contributed by atoms with van der Waals surface area (Å²) >= 11 is 0. The van der Waals surface area contributed by atoms with Crippen LogP contribution >= 0.6 is 0 Å². The number of Topliss-reactive ketones (excluding diaryl/α,β-unsaturated/α-hetero) is 1. The number of ketones is 1. The van der Waals surface area contributed by atoms with Gasteiger partial charge in [-0.25, -0.2) is 4.98 Å². The van der Waals surface area contributed by atoms with Crippen molar-refractivity contribution < 1.29 is 19.6 Å². The van der Waals surface area contributed by atoms with E-state index in [0.717, 1.165) is 5.56 Å². The minimum atomic E-state index is -0.852. The quantitative estimate of drug-likeness (QED) is 0.195. The number of nitro benzene ring substituents is 1. The number of likely N-dealkylation sites (tertiary alicyclic amines) is 1. The van der Waals surface area contributed by atoms with Gasteiger partial charge in [-0.2, -0.15) is 0 Å². The molecule has 0 radical (unpaired) electrons. The minimum absolute atomic E-state index is 0.0275. The summed E-state index contributed by atoms with van der Waals surface area (Å²) in [6.07, 6.45) is 5.68. The summed E-state index contributed by atoms with van der Waals surface area (Å²) in [6, 6.07) is 11.8. The number of aryl methyl sites for hydroxylation is 2. The van der Waals surface area contributed by atoms with Gasteiger partial charge >= 0.3 is 0 Å². The van der Waals surface area contributed by atoms with Crippen molar-refractivity contribution >= 4 is 23.1 Å². The van der Waals surface area contributed by atoms with E-state index in [-0.39, 0.29) is 23.6 Å². The first kappa shape index (κ1) is 21.9. The molecule has 1 atom stereocenters. The molecular weight excluding hydrogens is 424 g/mol. The van der Waals surface area contributed by atoms with Gasteiger partial charge in [-0.15, -0.1) is 0 Å². The smallest absolute Gasteiger partial charge is 0.295 e. The number of carbonyl (C=O) groups is 2. The maximum Gasteiger partial charge on any atom is 0.295 e.